The number of rotatable bonds is 7. The Morgan fingerprint density at radius 2 is 1.12 bits per heavy atom. The van der Waals surface area contributed by atoms with Crippen LogP contribution < -0.4 is 24.8 Å². The van der Waals surface area contributed by atoms with Crippen molar-refractivity contribution < 1.29 is 32.6 Å². The molecule has 3 aromatic carbocycles. The Labute approximate surface area is 182 Å². The van der Waals surface area contributed by atoms with Gasteiger partial charge in [-0.1, -0.05) is 0 Å². The van der Waals surface area contributed by atoms with Gasteiger partial charge in [-0.25, -0.2) is 8.78 Å². The lowest BCUT2D eigenvalue weighted by molar-refractivity contribution is 0.102. The zero-order valence-corrected chi connectivity index (χ0v) is 17.5. The monoisotopic (exact) mass is 442 g/mol. The van der Waals surface area contributed by atoms with E-state index in [0.29, 0.717) is 0 Å². The van der Waals surface area contributed by atoms with Gasteiger partial charge in [0.1, 0.15) is 5.75 Å². The van der Waals surface area contributed by atoms with Crippen molar-refractivity contribution in [1.82, 2.24) is 0 Å². The molecule has 2 N–H and O–H groups in total. The number of benzene rings is 3. The molecule has 0 saturated carbocycles. The van der Waals surface area contributed by atoms with E-state index in [1.54, 1.807) is 0 Å². The maximum atomic E-state index is 13.9. The van der Waals surface area contributed by atoms with Gasteiger partial charge in [-0.3, -0.25) is 9.59 Å². The number of carbonyl (C=O) groups is 2. The molecular formula is C23H20F2N2O5. The number of halogens is 2. The Kier molecular flexibility index (Phi) is 6.89. The van der Waals surface area contributed by atoms with Crippen molar-refractivity contribution in [3.05, 3.63) is 77.4 Å². The lowest BCUT2D eigenvalue weighted by Crippen LogP contribution is -2.17. The van der Waals surface area contributed by atoms with Crippen LogP contribution in [-0.4, -0.2) is 33.1 Å². The maximum absolute atomic E-state index is 13.9. The van der Waals surface area contributed by atoms with Crippen LogP contribution in [0, 0.1) is 11.6 Å². The fraction of sp³-hybridized carbons (Fsp3) is 0.130. The lowest BCUT2D eigenvalue weighted by Gasteiger charge is -2.12. The second-order valence-electron chi connectivity index (χ2n) is 6.52. The Morgan fingerprint density at radius 1 is 0.656 bits per heavy atom. The van der Waals surface area contributed by atoms with Crippen LogP contribution in [0.3, 0.4) is 0 Å². The van der Waals surface area contributed by atoms with Crippen LogP contribution in [0.4, 0.5) is 20.2 Å². The average Bonchev–Trinajstić information content (AvgIpc) is 2.78. The molecule has 2 amide bonds. The molecule has 0 unspecified atom stereocenters. The van der Waals surface area contributed by atoms with Crippen LogP contribution in [-0.2, 0) is 0 Å². The summed E-state index contributed by atoms with van der Waals surface area (Å²) in [6.45, 7) is 0. The molecule has 0 bridgehead atoms. The van der Waals surface area contributed by atoms with E-state index >= 15 is 0 Å². The minimum Gasteiger partial charge on any atom is -0.496 e. The minimum absolute atomic E-state index is 0.0363. The highest BCUT2D eigenvalue weighted by Gasteiger charge is 2.17. The van der Waals surface area contributed by atoms with Crippen molar-refractivity contribution in [1.29, 1.82) is 0 Å². The fourth-order valence-corrected chi connectivity index (χ4v) is 2.92. The van der Waals surface area contributed by atoms with E-state index < -0.39 is 23.4 Å². The third kappa shape index (κ3) is 4.94. The molecule has 0 aliphatic heterocycles. The van der Waals surface area contributed by atoms with Crippen LogP contribution in [0.25, 0.3) is 0 Å². The number of nitrogens with one attached hydrogen (secondary N) is 2. The van der Waals surface area contributed by atoms with Gasteiger partial charge in [-0.2, -0.15) is 0 Å². The van der Waals surface area contributed by atoms with E-state index in [-0.39, 0.29) is 39.8 Å². The largest absolute Gasteiger partial charge is 0.496 e. The smallest absolute Gasteiger partial charge is 0.259 e. The molecule has 0 atom stereocenters. The van der Waals surface area contributed by atoms with Gasteiger partial charge in [-0.05, 0) is 42.5 Å². The predicted molar refractivity (Wildman–Crippen MR) is 115 cm³/mol. The summed E-state index contributed by atoms with van der Waals surface area (Å²) in [4.78, 5) is 25.4. The fourth-order valence-electron chi connectivity index (χ4n) is 2.92. The van der Waals surface area contributed by atoms with Crippen molar-refractivity contribution in [2.45, 2.75) is 0 Å². The lowest BCUT2D eigenvalue weighted by atomic mass is 10.1. The quantitative estimate of drug-likeness (QED) is 0.563. The number of hydrogen-bond acceptors (Lipinski definition) is 5. The van der Waals surface area contributed by atoms with Crippen molar-refractivity contribution in [2.75, 3.05) is 32.0 Å². The van der Waals surface area contributed by atoms with Crippen LogP contribution in [0.1, 0.15) is 20.7 Å². The topological polar surface area (TPSA) is 85.9 Å². The number of hydrogen-bond donors (Lipinski definition) is 2. The first-order valence-electron chi connectivity index (χ1n) is 9.34. The second-order valence-corrected chi connectivity index (χ2v) is 6.52. The van der Waals surface area contributed by atoms with Gasteiger partial charge in [-0.15, -0.1) is 0 Å². The molecule has 3 aromatic rings. The predicted octanol–water partition coefficient (Wildman–Crippen LogP) is 4.50. The molecule has 32 heavy (non-hydrogen) atoms. The Bertz CT molecular complexity index is 1170. The van der Waals surface area contributed by atoms with Crippen molar-refractivity contribution in [3.8, 4) is 17.2 Å². The van der Waals surface area contributed by atoms with Crippen LogP contribution in [0.2, 0.25) is 0 Å². The summed E-state index contributed by atoms with van der Waals surface area (Å²) in [5, 5.41) is 5.10. The van der Waals surface area contributed by atoms with Gasteiger partial charge in [0.05, 0.1) is 26.9 Å². The van der Waals surface area contributed by atoms with Gasteiger partial charge < -0.3 is 24.8 Å². The number of amides is 2. The Hall–Kier alpha value is -4.14. The van der Waals surface area contributed by atoms with Crippen molar-refractivity contribution >= 4 is 23.2 Å². The summed E-state index contributed by atoms with van der Waals surface area (Å²) in [5.41, 5.74) is 0.591. The van der Waals surface area contributed by atoms with Crippen LogP contribution in [0.15, 0.2) is 54.6 Å². The first-order valence-corrected chi connectivity index (χ1v) is 9.34. The first kappa shape index (κ1) is 22.5. The second kappa shape index (κ2) is 9.78. The van der Waals surface area contributed by atoms with Gasteiger partial charge >= 0.3 is 0 Å². The third-order valence-corrected chi connectivity index (χ3v) is 4.53. The highest BCUT2D eigenvalue weighted by molar-refractivity contribution is 6.10. The third-order valence-electron chi connectivity index (χ3n) is 4.53. The molecule has 0 aliphatic rings. The standard InChI is InChI=1S/C23H20F2N2O5/c1-30-19-7-4-13(22(28)26-14-5-8-20(31-2)17(24)11-14)10-16(19)23(29)27-15-6-9-21(32-3)18(25)12-15/h4-12H,1-3H3,(H,26,28)(H,27,29). The molecule has 166 valence electrons. The highest BCUT2D eigenvalue weighted by Crippen LogP contribution is 2.25. The summed E-state index contributed by atoms with van der Waals surface area (Å²) in [6.07, 6.45) is 0. The normalized spacial score (nSPS) is 10.3. The van der Waals surface area contributed by atoms with Crippen LogP contribution in [0.5, 0.6) is 17.2 Å². The summed E-state index contributed by atoms with van der Waals surface area (Å²) in [5.74, 6) is -2.17. The van der Waals surface area contributed by atoms with E-state index in [0.717, 1.165) is 12.1 Å². The molecular weight excluding hydrogens is 422 g/mol. The summed E-state index contributed by atoms with van der Waals surface area (Å²) >= 11 is 0. The number of carbonyl (C=O) groups excluding carboxylic acids is 2. The molecule has 0 aromatic heterocycles. The Morgan fingerprint density at radius 3 is 1.59 bits per heavy atom. The molecule has 9 heteroatoms. The zero-order chi connectivity index (χ0) is 23.3. The number of methoxy groups -OCH3 is 3. The van der Waals surface area contributed by atoms with Crippen LogP contribution >= 0.6 is 0 Å². The Balaban J connectivity index is 1.82. The highest BCUT2D eigenvalue weighted by atomic mass is 19.1. The zero-order valence-electron chi connectivity index (χ0n) is 17.5. The van der Waals surface area contributed by atoms with Gasteiger partial charge in [0.25, 0.3) is 11.8 Å². The minimum atomic E-state index is -0.642. The molecule has 0 radical (unpaired) electrons. The summed E-state index contributed by atoms with van der Waals surface area (Å²) < 4.78 is 42.7. The SMILES string of the molecule is COc1ccc(NC(=O)c2ccc(OC)c(C(=O)Nc3ccc(OC)c(F)c3)c2)cc1F. The molecule has 0 spiro atoms. The van der Waals surface area contributed by atoms with E-state index in [2.05, 4.69) is 10.6 Å². The molecule has 7 nitrogen and oxygen atoms in total. The van der Waals surface area contributed by atoms with Crippen molar-refractivity contribution in [2.24, 2.45) is 0 Å². The number of anilines is 2. The van der Waals surface area contributed by atoms with E-state index in [9.17, 15) is 18.4 Å². The molecule has 0 heterocycles. The molecule has 0 fully saturated rings. The van der Waals surface area contributed by atoms with E-state index in [1.807, 2.05) is 0 Å². The summed E-state index contributed by atoms with van der Waals surface area (Å²) in [6, 6.07) is 12.2. The molecule has 0 aliphatic carbocycles. The maximum Gasteiger partial charge on any atom is 0.259 e. The van der Waals surface area contributed by atoms with Gasteiger partial charge in [0.2, 0.25) is 0 Å². The number of ether oxygens (including phenoxy) is 3. The first-order chi connectivity index (χ1) is 15.4. The van der Waals surface area contributed by atoms with Gasteiger partial charge in [0, 0.05) is 29.1 Å². The molecule has 3 rings (SSSR count). The summed E-state index contributed by atoms with van der Waals surface area (Å²) in [7, 11) is 4.04. The average molecular weight is 442 g/mol. The van der Waals surface area contributed by atoms with E-state index in [4.69, 9.17) is 14.2 Å². The van der Waals surface area contributed by atoms with Crippen molar-refractivity contribution in [3.63, 3.8) is 0 Å². The van der Waals surface area contributed by atoms with E-state index in [1.165, 1.54) is 63.8 Å². The molecule has 0 saturated heterocycles. The van der Waals surface area contributed by atoms with Gasteiger partial charge in [0.15, 0.2) is 23.1 Å².